The molecule has 0 aliphatic heterocycles. The van der Waals surface area contributed by atoms with Gasteiger partial charge in [0.1, 0.15) is 5.75 Å². The lowest BCUT2D eigenvalue weighted by atomic mass is 9.88. The third-order valence-electron chi connectivity index (χ3n) is 2.94. The molecule has 1 unspecified atom stereocenters. The van der Waals surface area contributed by atoms with E-state index in [1.807, 2.05) is 18.2 Å². The fourth-order valence-electron chi connectivity index (χ4n) is 1.76. The highest BCUT2D eigenvalue weighted by atomic mass is 16.3. The SMILES string of the molecule is CC(Cc1ccccc1O)C(CN)CN. The molecular weight excluding hydrogens is 188 g/mol. The molecule has 5 N–H and O–H groups in total. The molecule has 0 amide bonds. The van der Waals surface area contributed by atoms with E-state index in [2.05, 4.69) is 6.92 Å². The van der Waals surface area contributed by atoms with Crippen molar-refractivity contribution in [2.75, 3.05) is 13.1 Å². The number of para-hydroxylation sites is 1. The minimum Gasteiger partial charge on any atom is -0.508 e. The molecule has 0 aliphatic carbocycles. The van der Waals surface area contributed by atoms with Gasteiger partial charge in [-0.1, -0.05) is 25.1 Å². The van der Waals surface area contributed by atoms with Gasteiger partial charge in [0.15, 0.2) is 0 Å². The summed E-state index contributed by atoms with van der Waals surface area (Å²) in [6.45, 7) is 3.33. The Morgan fingerprint density at radius 1 is 1.20 bits per heavy atom. The highest BCUT2D eigenvalue weighted by Crippen LogP contribution is 2.22. The number of hydrogen-bond donors (Lipinski definition) is 3. The average molecular weight is 208 g/mol. The van der Waals surface area contributed by atoms with E-state index in [1.165, 1.54) is 0 Å². The Morgan fingerprint density at radius 3 is 2.33 bits per heavy atom. The Morgan fingerprint density at radius 2 is 1.80 bits per heavy atom. The van der Waals surface area contributed by atoms with Crippen LogP contribution in [0.5, 0.6) is 5.75 Å². The van der Waals surface area contributed by atoms with Gasteiger partial charge in [0, 0.05) is 0 Å². The van der Waals surface area contributed by atoms with Gasteiger partial charge in [-0.3, -0.25) is 0 Å². The summed E-state index contributed by atoms with van der Waals surface area (Å²) in [4.78, 5) is 0. The topological polar surface area (TPSA) is 72.3 Å². The number of hydrogen-bond acceptors (Lipinski definition) is 3. The molecule has 0 saturated carbocycles. The first-order chi connectivity index (χ1) is 7.19. The van der Waals surface area contributed by atoms with Crippen molar-refractivity contribution in [3.63, 3.8) is 0 Å². The summed E-state index contributed by atoms with van der Waals surface area (Å²) in [6.07, 6.45) is 0.825. The maximum atomic E-state index is 9.62. The van der Waals surface area contributed by atoms with Crippen molar-refractivity contribution in [2.24, 2.45) is 23.3 Å². The first kappa shape index (κ1) is 12.0. The summed E-state index contributed by atoms with van der Waals surface area (Å²) in [5.41, 5.74) is 12.2. The number of nitrogens with two attached hydrogens (primary N) is 2. The van der Waals surface area contributed by atoms with Crippen molar-refractivity contribution < 1.29 is 5.11 Å². The standard InChI is InChI=1S/C12H20N2O/c1-9(11(7-13)8-14)6-10-4-2-3-5-12(10)15/h2-5,9,11,15H,6-8,13-14H2,1H3. The monoisotopic (exact) mass is 208 g/mol. The molecule has 3 heteroatoms. The third kappa shape index (κ3) is 3.22. The van der Waals surface area contributed by atoms with E-state index >= 15 is 0 Å². The Balaban J connectivity index is 2.65. The van der Waals surface area contributed by atoms with Crippen molar-refractivity contribution in [3.05, 3.63) is 29.8 Å². The van der Waals surface area contributed by atoms with Crippen LogP contribution in [0.15, 0.2) is 24.3 Å². The fraction of sp³-hybridized carbons (Fsp3) is 0.500. The molecular formula is C12H20N2O. The normalized spacial score (nSPS) is 13.1. The van der Waals surface area contributed by atoms with Gasteiger partial charge in [-0.05, 0) is 43.0 Å². The van der Waals surface area contributed by atoms with Gasteiger partial charge < -0.3 is 16.6 Å². The molecule has 0 radical (unpaired) electrons. The van der Waals surface area contributed by atoms with Gasteiger partial charge in [0.2, 0.25) is 0 Å². The first-order valence-electron chi connectivity index (χ1n) is 5.36. The zero-order valence-corrected chi connectivity index (χ0v) is 9.19. The van der Waals surface area contributed by atoms with Crippen LogP contribution >= 0.6 is 0 Å². The lowest BCUT2D eigenvalue weighted by molar-refractivity contribution is 0.366. The minimum absolute atomic E-state index is 0.324. The highest BCUT2D eigenvalue weighted by molar-refractivity contribution is 5.32. The van der Waals surface area contributed by atoms with Crippen molar-refractivity contribution in [3.8, 4) is 5.75 Å². The van der Waals surface area contributed by atoms with Crippen LogP contribution in [0.2, 0.25) is 0 Å². The van der Waals surface area contributed by atoms with Gasteiger partial charge in [0.25, 0.3) is 0 Å². The van der Waals surface area contributed by atoms with E-state index in [9.17, 15) is 5.11 Å². The summed E-state index contributed by atoms with van der Waals surface area (Å²) >= 11 is 0. The molecule has 0 fully saturated rings. The molecule has 3 nitrogen and oxygen atoms in total. The number of phenols is 1. The number of rotatable bonds is 5. The molecule has 0 saturated heterocycles. The maximum absolute atomic E-state index is 9.62. The average Bonchev–Trinajstić information content (AvgIpc) is 2.23. The Labute approximate surface area is 91.1 Å². The Hall–Kier alpha value is -1.06. The van der Waals surface area contributed by atoms with Crippen molar-refractivity contribution in [1.82, 2.24) is 0 Å². The number of aromatic hydroxyl groups is 1. The molecule has 0 aromatic heterocycles. The van der Waals surface area contributed by atoms with Crippen LogP contribution in [-0.2, 0) is 6.42 Å². The predicted molar refractivity (Wildman–Crippen MR) is 62.6 cm³/mol. The summed E-state index contributed by atoms with van der Waals surface area (Å²) in [6, 6.07) is 7.41. The Bertz CT molecular complexity index is 297. The van der Waals surface area contributed by atoms with E-state index in [0.717, 1.165) is 12.0 Å². The highest BCUT2D eigenvalue weighted by Gasteiger charge is 2.15. The van der Waals surface area contributed by atoms with Crippen LogP contribution in [0.25, 0.3) is 0 Å². The Kier molecular flexibility index (Phi) is 4.59. The van der Waals surface area contributed by atoms with Crippen LogP contribution in [0.4, 0.5) is 0 Å². The summed E-state index contributed by atoms with van der Waals surface area (Å²) in [5, 5.41) is 9.62. The quantitative estimate of drug-likeness (QED) is 0.678. The van der Waals surface area contributed by atoms with Crippen molar-refractivity contribution in [1.29, 1.82) is 0 Å². The molecule has 84 valence electrons. The zero-order chi connectivity index (χ0) is 11.3. The van der Waals surface area contributed by atoms with Crippen LogP contribution in [0.3, 0.4) is 0 Å². The summed E-state index contributed by atoms with van der Waals surface area (Å²) in [5.74, 6) is 1.08. The summed E-state index contributed by atoms with van der Waals surface area (Å²) < 4.78 is 0. The van der Waals surface area contributed by atoms with Gasteiger partial charge in [-0.2, -0.15) is 0 Å². The van der Waals surface area contributed by atoms with Crippen LogP contribution in [0.1, 0.15) is 12.5 Å². The van der Waals surface area contributed by atoms with E-state index in [-0.39, 0.29) is 0 Å². The smallest absolute Gasteiger partial charge is 0.118 e. The molecule has 0 heterocycles. The molecule has 1 aromatic rings. The van der Waals surface area contributed by atoms with E-state index in [4.69, 9.17) is 11.5 Å². The lowest BCUT2D eigenvalue weighted by Gasteiger charge is -2.21. The molecule has 1 atom stereocenters. The maximum Gasteiger partial charge on any atom is 0.118 e. The molecule has 1 rings (SSSR count). The lowest BCUT2D eigenvalue weighted by Crippen LogP contribution is -2.30. The largest absolute Gasteiger partial charge is 0.508 e. The molecule has 1 aromatic carbocycles. The minimum atomic E-state index is 0.324. The van der Waals surface area contributed by atoms with Gasteiger partial charge >= 0.3 is 0 Å². The van der Waals surface area contributed by atoms with Crippen LogP contribution in [-0.4, -0.2) is 18.2 Å². The predicted octanol–water partition coefficient (Wildman–Crippen LogP) is 1.10. The van der Waals surface area contributed by atoms with Crippen LogP contribution < -0.4 is 11.5 Å². The third-order valence-corrected chi connectivity index (χ3v) is 2.94. The van der Waals surface area contributed by atoms with E-state index in [0.29, 0.717) is 30.7 Å². The van der Waals surface area contributed by atoms with Crippen molar-refractivity contribution in [2.45, 2.75) is 13.3 Å². The van der Waals surface area contributed by atoms with Crippen molar-refractivity contribution >= 4 is 0 Å². The molecule has 0 spiro atoms. The van der Waals surface area contributed by atoms with Gasteiger partial charge in [-0.15, -0.1) is 0 Å². The van der Waals surface area contributed by atoms with Gasteiger partial charge in [-0.25, -0.2) is 0 Å². The van der Waals surface area contributed by atoms with E-state index < -0.39 is 0 Å². The first-order valence-corrected chi connectivity index (χ1v) is 5.36. The second-order valence-electron chi connectivity index (χ2n) is 4.04. The zero-order valence-electron chi connectivity index (χ0n) is 9.19. The molecule has 15 heavy (non-hydrogen) atoms. The molecule has 0 bridgehead atoms. The summed E-state index contributed by atoms with van der Waals surface area (Å²) in [7, 11) is 0. The fourth-order valence-corrected chi connectivity index (χ4v) is 1.76. The second kappa shape index (κ2) is 5.73. The second-order valence-corrected chi connectivity index (χ2v) is 4.04. The number of phenolic OH excluding ortho intramolecular Hbond substituents is 1. The van der Waals surface area contributed by atoms with Gasteiger partial charge in [0.05, 0.1) is 0 Å². The number of benzene rings is 1. The van der Waals surface area contributed by atoms with Crippen LogP contribution in [0, 0.1) is 11.8 Å². The van der Waals surface area contributed by atoms with E-state index in [1.54, 1.807) is 6.07 Å². The molecule has 0 aliphatic rings.